The van der Waals surface area contributed by atoms with E-state index in [1.54, 1.807) is 0 Å². The molecule has 0 N–H and O–H groups in total. The summed E-state index contributed by atoms with van der Waals surface area (Å²) >= 11 is 0. The molecule has 1 saturated heterocycles. The highest BCUT2D eigenvalue weighted by Crippen LogP contribution is 2.08. The third-order valence-electron chi connectivity index (χ3n) is 2.23. The summed E-state index contributed by atoms with van der Waals surface area (Å²) in [6.45, 7) is 6.89. The summed E-state index contributed by atoms with van der Waals surface area (Å²) in [6.07, 6.45) is 2.17. The first-order valence-corrected chi connectivity index (χ1v) is 4.78. The predicted molar refractivity (Wildman–Crippen MR) is 53.0 cm³/mol. The number of methoxy groups -OCH3 is 1. The number of rotatable bonds is 4. The minimum absolute atomic E-state index is 0.0313. The van der Waals surface area contributed by atoms with Gasteiger partial charge in [0.15, 0.2) is 0 Å². The Balaban J connectivity index is 2.32. The molecule has 0 aromatic heterocycles. The van der Waals surface area contributed by atoms with Gasteiger partial charge in [0, 0.05) is 19.6 Å². The largest absolute Gasteiger partial charge is 0.469 e. The number of hydrogen-bond donors (Lipinski definition) is 0. The Morgan fingerprint density at radius 3 is 3.21 bits per heavy atom. The zero-order valence-electron chi connectivity index (χ0n) is 8.57. The summed E-state index contributed by atoms with van der Waals surface area (Å²) in [5.41, 5.74) is 0. The van der Waals surface area contributed by atoms with Gasteiger partial charge in [-0.15, -0.1) is 6.58 Å². The first-order valence-electron chi connectivity index (χ1n) is 4.78. The van der Waals surface area contributed by atoms with Crippen LogP contribution in [0.4, 0.5) is 0 Å². The van der Waals surface area contributed by atoms with Gasteiger partial charge in [0.1, 0.15) is 0 Å². The minimum Gasteiger partial charge on any atom is -0.469 e. The van der Waals surface area contributed by atoms with E-state index >= 15 is 0 Å². The van der Waals surface area contributed by atoms with Crippen LogP contribution in [0.2, 0.25) is 0 Å². The first kappa shape index (κ1) is 11.2. The Morgan fingerprint density at radius 1 is 1.79 bits per heavy atom. The van der Waals surface area contributed by atoms with Crippen molar-refractivity contribution in [2.75, 3.05) is 33.4 Å². The fraction of sp³-hybridized carbons (Fsp3) is 0.700. The quantitative estimate of drug-likeness (QED) is 0.486. The van der Waals surface area contributed by atoms with Gasteiger partial charge in [-0.25, -0.2) is 0 Å². The molecule has 0 radical (unpaired) electrons. The maximum atomic E-state index is 11.0. The van der Waals surface area contributed by atoms with Crippen LogP contribution in [0, 0.1) is 0 Å². The lowest BCUT2D eigenvalue weighted by Crippen LogP contribution is -2.43. The lowest BCUT2D eigenvalue weighted by Gasteiger charge is -2.31. The highest BCUT2D eigenvalue weighted by Gasteiger charge is 2.22. The molecule has 0 spiro atoms. The van der Waals surface area contributed by atoms with Crippen molar-refractivity contribution in [3.63, 3.8) is 0 Å². The molecule has 0 saturated carbocycles. The van der Waals surface area contributed by atoms with Crippen LogP contribution in [0.1, 0.15) is 6.42 Å². The van der Waals surface area contributed by atoms with Crippen LogP contribution in [0.25, 0.3) is 0 Å². The second kappa shape index (κ2) is 5.78. The van der Waals surface area contributed by atoms with Crippen LogP contribution >= 0.6 is 0 Å². The van der Waals surface area contributed by atoms with E-state index in [1.807, 2.05) is 6.08 Å². The fourth-order valence-electron chi connectivity index (χ4n) is 1.52. The second-order valence-corrected chi connectivity index (χ2v) is 3.32. The number of carbonyl (C=O) groups is 1. The molecule has 1 heterocycles. The maximum absolute atomic E-state index is 11.0. The van der Waals surface area contributed by atoms with E-state index in [4.69, 9.17) is 4.74 Å². The lowest BCUT2D eigenvalue weighted by molar-refractivity contribution is -0.145. The average Bonchev–Trinajstić information content (AvgIpc) is 2.19. The van der Waals surface area contributed by atoms with Crippen LogP contribution in [-0.4, -0.2) is 50.3 Å². The number of carbonyl (C=O) groups excluding carboxylic acids is 1. The summed E-state index contributed by atoms with van der Waals surface area (Å²) in [5, 5.41) is 0. The molecule has 1 aliphatic rings. The van der Waals surface area contributed by atoms with Crippen molar-refractivity contribution in [1.82, 2.24) is 4.90 Å². The molecule has 1 unspecified atom stereocenters. The molecule has 1 fully saturated rings. The van der Waals surface area contributed by atoms with Crippen molar-refractivity contribution >= 4 is 5.97 Å². The summed E-state index contributed by atoms with van der Waals surface area (Å²) in [5.74, 6) is -0.213. The molecule has 4 nitrogen and oxygen atoms in total. The third kappa shape index (κ3) is 3.47. The Kier molecular flexibility index (Phi) is 4.62. The number of hydrogen-bond acceptors (Lipinski definition) is 4. The molecule has 1 aliphatic heterocycles. The maximum Gasteiger partial charge on any atom is 0.308 e. The third-order valence-corrected chi connectivity index (χ3v) is 2.23. The summed E-state index contributed by atoms with van der Waals surface area (Å²) in [4.78, 5) is 13.2. The highest BCUT2D eigenvalue weighted by molar-refractivity contribution is 5.69. The SMILES string of the molecule is C=CCN1CCOC(CC(=O)OC)C1. The van der Waals surface area contributed by atoms with Crippen molar-refractivity contribution < 1.29 is 14.3 Å². The molecule has 1 rings (SSSR count). The van der Waals surface area contributed by atoms with Crippen LogP contribution < -0.4 is 0 Å². The number of ether oxygens (including phenoxy) is 2. The normalized spacial score (nSPS) is 23.1. The Hall–Kier alpha value is -0.870. The first-order chi connectivity index (χ1) is 6.76. The van der Waals surface area contributed by atoms with E-state index in [-0.39, 0.29) is 12.1 Å². The van der Waals surface area contributed by atoms with E-state index in [0.29, 0.717) is 13.0 Å². The van der Waals surface area contributed by atoms with E-state index < -0.39 is 0 Å². The predicted octanol–water partition coefficient (Wildman–Crippen LogP) is 0.436. The van der Waals surface area contributed by atoms with Crippen molar-refractivity contribution in [2.45, 2.75) is 12.5 Å². The fourth-order valence-corrected chi connectivity index (χ4v) is 1.52. The van der Waals surface area contributed by atoms with E-state index in [9.17, 15) is 4.79 Å². The van der Waals surface area contributed by atoms with Crippen LogP contribution in [0.15, 0.2) is 12.7 Å². The molecule has 0 aromatic rings. The van der Waals surface area contributed by atoms with Crippen molar-refractivity contribution in [1.29, 1.82) is 0 Å². The Labute approximate surface area is 84.5 Å². The highest BCUT2D eigenvalue weighted by atomic mass is 16.5. The molecular formula is C10H17NO3. The summed E-state index contributed by atoms with van der Waals surface area (Å²) in [7, 11) is 1.40. The van der Waals surface area contributed by atoms with Gasteiger partial charge in [-0.2, -0.15) is 0 Å². The van der Waals surface area contributed by atoms with Gasteiger partial charge in [-0.3, -0.25) is 9.69 Å². The molecule has 4 heteroatoms. The molecule has 0 aliphatic carbocycles. The monoisotopic (exact) mass is 199 g/mol. The van der Waals surface area contributed by atoms with Crippen LogP contribution in [0.3, 0.4) is 0 Å². The topological polar surface area (TPSA) is 38.8 Å². The molecular weight excluding hydrogens is 182 g/mol. The Morgan fingerprint density at radius 2 is 2.57 bits per heavy atom. The molecule has 80 valence electrons. The zero-order valence-corrected chi connectivity index (χ0v) is 8.57. The smallest absolute Gasteiger partial charge is 0.308 e. The molecule has 0 bridgehead atoms. The van der Waals surface area contributed by atoms with Gasteiger partial charge >= 0.3 is 5.97 Å². The summed E-state index contributed by atoms with van der Waals surface area (Å²) in [6, 6.07) is 0. The van der Waals surface area contributed by atoms with Crippen molar-refractivity contribution in [3.05, 3.63) is 12.7 Å². The number of morpholine rings is 1. The van der Waals surface area contributed by atoms with Crippen LogP contribution in [-0.2, 0) is 14.3 Å². The van der Waals surface area contributed by atoms with Gasteiger partial charge in [0.2, 0.25) is 0 Å². The van der Waals surface area contributed by atoms with Crippen LogP contribution in [0.5, 0.6) is 0 Å². The molecule has 0 aromatic carbocycles. The lowest BCUT2D eigenvalue weighted by atomic mass is 10.2. The molecule has 14 heavy (non-hydrogen) atoms. The van der Waals surface area contributed by atoms with E-state index in [0.717, 1.165) is 19.6 Å². The van der Waals surface area contributed by atoms with Crippen molar-refractivity contribution in [2.24, 2.45) is 0 Å². The van der Waals surface area contributed by atoms with Gasteiger partial charge in [-0.05, 0) is 0 Å². The minimum atomic E-state index is -0.213. The van der Waals surface area contributed by atoms with Gasteiger partial charge in [0.25, 0.3) is 0 Å². The number of nitrogens with zero attached hydrogens (tertiary/aromatic N) is 1. The zero-order chi connectivity index (χ0) is 10.4. The Bertz CT molecular complexity index is 206. The molecule has 0 amide bonds. The average molecular weight is 199 g/mol. The second-order valence-electron chi connectivity index (χ2n) is 3.32. The van der Waals surface area contributed by atoms with E-state index in [1.165, 1.54) is 7.11 Å². The van der Waals surface area contributed by atoms with Gasteiger partial charge < -0.3 is 9.47 Å². The summed E-state index contributed by atoms with van der Waals surface area (Å²) < 4.78 is 10.0. The van der Waals surface area contributed by atoms with Crippen molar-refractivity contribution in [3.8, 4) is 0 Å². The van der Waals surface area contributed by atoms with Gasteiger partial charge in [-0.1, -0.05) is 6.08 Å². The standard InChI is InChI=1S/C10H17NO3/c1-3-4-11-5-6-14-9(8-11)7-10(12)13-2/h3,9H,1,4-8H2,2H3. The van der Waals surface area contributed by atoms with E-state index in [2.05, 4.69) is 16.2 Å². The molecule has 1 atom stereocenters. The van der Waals surface area contributed by atoms with Gasteiger partial charge in [0.05, 0.1) is 26.2 Å². The number of esters is 1.